The number of carbonyl (C=O) groups excluding carboxylic acids is 1. The van der Waals surface area contributed by atoms with Gasteiger partial charge < -0.3 is 10.6 Å². The lowest BCUT2D eigenvalue weighted by atomic mass is 10.1. The van der Waals surface area contributed by atoms with Gasteiger partial charge >= 0.3 is 0 Å². The maximum atomic E-state index is 11.8. The van der Waals surface area contributed by atoms with E-state index in [9.17, 15) is 4.79 Å². The number of rotatable bonds is 5. The van der Waals surface area contributed by atoms with Gasteiger partial charge in [0.1, 0.15) is 0 Å². The molecule has 0 heterocycles. The molecule has 0 saturated heterocycles. The Morgan fingerprint density at radius 2 is 1.90 bits per heavy atom. The van der Waals surface area contributed by atoms with E-state index in [2.05, 4.69) is 10.6 Å². The predicted octanol–water partition coefficient (Wildman–Crippen LogP) is 4.36. The van der Waals surface area contributed by atoms with E-state index in [1.165, 1.54) is 0 Å². The van der Waals surface area contributed by atoms with Crippen LogP contribution in [-0.4, -0.2) is 12.5 Å². The Morgan fingerprint density at radius 3 is 2.67 bits per heavy atom. The third kappa shape index (κ3) is 4.13. The first kappa shape index (κ1) is 15.7. The number of halogens is 2. The van der Waals surface area contributed by atoms with Crippen LogP contribution in [0.25, 0.3) is 0 Å². The number of nitrogens with one attached hydrogen (secondary N) is 2. The fourth-order valence-corrected chi connectivity index (χ4v) is 2.30. The highest BCUT2D eigenvalue weighted by Gasteiger charge is 2.06. The summed E-state index contributed by atoms with van der Waals surface area (Å²) in [6.45, 7) is 3.04. The van der Waals surface area contributed by atoms with Crippen molar-refractivity contribution in [2.24, 2.45) is 0 Å². The van der Waals surface area contributed by atoms with Crippen LogP contribution >= 0.6 is 23.2 Å². The van der Waals surface area contributed by atoms with Gasteiger partial charge in [0, 0.05) is 24.3 Å². The lowest BCUT2D eigenvalue weighted by Crippen LogP contribution is -2.22. The molecule has 0 aliphatic heterocycles. The summed E-state index contributed by atoms with van der Waals surface area (Å²) in [6, 6.07) is 12.9. The standard InChI is InChI=1S/C16H16Cl2N2O/c1-2-19-16(21)11-5-3-7-13(9-11)20-10-12-6-4-8-14(17)15(12)18/h3-9,20H,2,10H2,1H3,(H,19,21). The smallest absolute Gasteiger partial charge is 0.251 e. The van der Waals surface area contributed by atoms with Crippen molar-refractivity contribution in [3.63, 3.8) is 0 Å². The molecule has 2 aromatic rings. The van der Waals surface area contributed by atoms with Gasteiger partial charge in [-0.3, -0.25) is 4.79 Å². The van der Waals surface area contributed by atoms with Crippen molar-refractivity contribution in [3.8, 4) is 0 Å². The van der Waals surface area contributed by atoms with E-state index in [1.54, 1.807) is 12.1 Å². The van der Waals surface area contributed by atoms with Crippen LogP contribution in [-0.2, 0) is 6.54 Å². The Hall–Kier alpha value is -1.71. The maximum Gasteiger partial charge on any atom is 0.251 e. The Morgan fingerprint density at radius 1 is 1.14 bits per heavy atom. The Bertz CT molecular complexity index is 644. The van der Waals surface area contributed by atoms with Gasteiger partial charge in [-0.1, -0.05) is 41.4 Å². The summed E-state index contributed by atoms with van der Waals surface area (Å²) in [5, 5.41) is 7.10. The molecule has 0 bridgehead atoms. The fraction of sp³-hybridized carbons (Fsp3) is 0.188. The number of carbonyl (C=O) groups is 1. The molecule has 21 heavy (non-hydrogen) atoms. The Labute approximate surface area is 134 Å². The first-order valence-corrected chi connectivity index (χ1v) is 7.42. The summed E-state index contributed by atoms with van der Waals surface area (Å²) in [5.74, 6) is -0.0815. The van der Waals surface area contributed by atoms with E-state index < -0.39 is 0 Å². The molecule has 5 heteroatoms. The molecule has 0 aliphatic carbocycles. The van der Waals surface area contributed by atoms with Gasteiger partial charge in [-0.05, 0) is 36.8 Å². The molecule has 2 aromatic carbocycles. The summed E-state index contributed by atoms with van der Waals surface area (Å²) in [4.78, 5) is 11.8. The molecule has 3 nitrogen and oxygen atoms in total. The third-order valence-corrected chi connectivity index (χ3v) is 3.83. The zero-order valence-corrected chi connectivity index (χ0v) is 13.1. The molecular formula is C16H16Cl2N2O. The summed E-state index contributed by atoms with van der Waals surface area (Å²) in [5.41, 5.74) is 2.39. The van der Waals surface area contributed by atoms with Crippen molar-refractivity contribution in [1.82, 2.24) is 5.32 Å². The number of hydrogen-bond donors (Lipinski definition) is 2. The monoisotopic (exact) mass is 322 g/mol. The lowest BCUT2D eigenvalue weighted by molar-refractivity contribution is 0.0956. The van der Waals surface area contributed by atoms with Crippen LogP contribution in [0.4, 0.5) is 5.69 Å². The van der Waals surface area contributed by atoms with Crippen LogP contribution in [0.2, 0.25) is 10.0 Å². The second-order valence-corrected chi connectivity index (χ2v) is 5.29. The second kappa shape index (κ2) is 7.34. The van der Waals surface area contributed by atoms with E-state index in [4.69, 9.17) is 23.2 Å². The zero-order chi connectivity index (χ0) is 15.2. The molecule has 2 rings (SSSR count). The van der Waals surface area contributed by atoms with Gasteiger partial charge in [0.2, 0.25) is 0 Å². The highest BCUT2D eigenvalue weighted by atomic mass is 35.5. The Kier molecular flexibility index (Phi) is 5.48. The minimum atomic E-state index is -0.0815. The Balaban J connectivity index is 2.08. The fourth-order valence-electron chi connectivity index (χ4n) is 1.92. The molecule has 0 atom stereocenters. The SMILES string of the molecule is CCNC(=O)c1cccc(NCc2cccc(Cl)c2Cl)c1. The average molecular weight is 323 g/mol. The van der Waals surface area contributed by atoms with Gasteiger partial charge in [0.15, 0.2) is 0 Å². The van der Waals surface area contributed by atoms with Crippen LogP contribution < -0.4 is 10.6 Å². The van der Waals surface area contributed by atoms with E-state index in [0.29, 0.717) is 28.7 Å². The topological polar surface area (TPSA) is 41.1 Å². The summed E-state index contributed by atoms with van der Waals surface area (Å²) in [7, 11) is 0. The second-order valence-electron chi connectivity index (χ2n) is 4.51. The summed E-state index contributed by atoms with van der Waals surface area (Å²) < 4.78 is 0. The molecule has 0 spiro atoms. The first-order valence-electron chi connectivity index (χ1n) is 6.67. The molecule has 2 N–H and O–H groups in total. The normalized spacial score (nSPS) is 10.2. The number of amides is 1. The molecule has 110 valence electrons. The van der Waals surface area contributed by atoms with Crippen LogP contribution in [0.15, 0.2) is 42.5 Å². The van der Waals surface area contributed by atoms with Crippen LogP contribution in [0.3, 0.4) is 0 Å². The minimum absolute atomic E-state index is 0.0815. The quantitative estimate of drug-likeness (QED) is 0.858. The highest BCUT2D eigenvalue weighted by Crippen LogP contribution is 2.26. The van der Waals surface area contributed by atoms with Crippen molar-refractivity contribution in [1.29, 1.82) is 0 Å². The van der Waals surface area contributed by atoms with E-state index >= 15 is 0 Å². The molecule has 0 unspecified atom stereocenters. The van der Waals surface area contributed by atoms with Crippen molar-refractivity contribution in [2.45, 2.75) is 13.5 Å². The largest absolute Gasteiger partial charge is 0.381 e. The molecule has 0 aromatic heterocycles. The molecule has 0 fully saturated rings. The van der Waals surface area contributed by atoms with Crippen molar-refractivity contribution < 1.29 is 4.79 Å². The molecule has 0 saturated carbocycles. The van der Waals surface area contributed by atoms with E-state index in [-0.39, 0.29) is 5.91 Å². The van der Waals surface area contributed by atoms with Crippen LogP contribution in [0, 0.1) is 0 Å². The van der Waals surface area contributed by atoms with E-state index in [1.807, 2.05) is 37.3 Å². The average Bonchev–Trinajstić information content (AvgIpc) is 2.49. The number of anilines is 1. The predicted molar refractivity (Wildman–Crippen MR) is 88.2 cm³/mol. The third-order valence-electron chi connectivity index (χ3n) is 2.98. The summed E-state index contributed by atoms with van der Waals surface area (Å²) in [6.07, 6.45) is 0. The van der Waals surface area contributed by atoms with Gasteiger partial charge in [0.25, 0.3) is 5.91 Å². The molecular weight excluding hydrogens is 307 g/mol. The molecule has 0 radical (unpaired) electrons. The number of benzene rings is 2. The molecule has 0 aliphatic rings. The maximum absolute atomic E-state index is 11.8. The zero-order valence-electron chi connectivity index (χ0n) is 11.6. The van der Waals surface area contributed by atoms with Crippen molar-refractivity contribution in [3.05, 3.63) is 63.6 Å². The highest BCUT2D eigenvalue weighted by molar-refractivity contribution is 6.42. The van der Waals surface area contributed by atoms with E-state index in [0.717, 1.165) is 11.3 Å². The van der Waals surface area contributed by atoms with Crippen molar-refractivity contribution in [2.75, 3.05) is 11.9 Å². The van der Waals surface area contributed by atoms with Gasteiger partial charge in [-0.15, -0.1) is 0 Å². The lowest BCUT2D eigenvalue weighted by Gasteiger charge is -2.10. The van der Waals surface area contributed by atoms with Gasteiger partial charge in [-0.25, -0.2) is 0 Å². The van der Waals surface area contributed by atoms with Gasteiger partial charge in [0.05, 0.1) is 10.0 Å². The number of hydrogen-bond acceptors (Lipinski definition) is 2. The summed E-state index contributed by atoms with van der Waals surface area (Å²) >= 11 is 12.1. The van der Waals surface area contributed by atoms with Crippen LogP contribution in [0.5, 0.6) is 0 Å². The van der Waals surface area contributed by atoms with Crippen LogP contribution in [0.1, 0.15) is 22.8 Å². The minimum Gasteiger partial charge on any atom is -0.381 e. The van der Waals surface area contributed by atoms with Crippen molar-refractivity contribution >= 4 is 34.8 Å². The van der Waals surface area contributed by atoms with Gasteiger partial charge in [-0.2, -0.15) is 0 Å². The first-order chi connectivity index (χ1) is 10.1. The molecule has 1 amide bonds.